The van der Waals surface area contributed by atoms with E-state index >= 15 is 0 Å². The summed E-state index contributed by atoms with van der Waals surface area (Å²) in [6.45, 7) is 0.564. The van der Waals surface area contributed by atoms with Gasteiger partial charge in [-0.15, -0.1) is 0 Å². The monoisotopic (exact) mass is 451 g/mol. The van der Waals surface area contributed by atoms with Crippen molar-refractivity contribution >= 4 is 18.0 Å². The topological polar surface area (TPSA) is 84.2 Å². The predicted octanol–water partition coefficient (Wildman–Crippen LogP) is 3.97. The molecule has 1 amide bonds. The quantitative estimate of drug-likeness (QED) is 0.514. The van der Waals surface area contributed by atoms with Gasteiger partial charge in [-0.1, -0.05) is 18.6 Å². The lowest BCUT2D eigenvalue weighted by Gasteiger charge is -2.28. The van der Waals surface area contributed by atoms with Crippen molar-refractivity contribution in [2.75, 3.05) is 0 Å². The first kappa shape index (κ1) is 21.9. The van der Waals surface area contributed by atoms with Gasteiger partial charge in [0.2, 0.25) is 5.91 Å². The van der Waals surface area contributed by atoms with E-state index in [4.69, 9.17) is 5.10 Å². The number of amides is 1. The molecule has 2 aromatic rings. The summed E-state index contributed by atoms with van der Waals surface area (Å²) >= 11 is 0. The summed E-state index contributed by atoms with van der Waals surface area (Å²) in [5, 5.41) is 17.4. The second kappa shape index (κ2) is 9.12. The molecule has 1 aromatic heterocycles. The maximum Gasteiger partial charge on any atom is 0.308 e. The van der Waals surface area contributed by atoms with E-state index in [0.717, 1.165) is 62.6 Å². The zero-order valence-electron chi connectivity index (χ0n) is 18.7. The highest BCUT2D eigenvalue weighted by atomic mass is 19.1. The predicted molar refractivity (Wildman–Crippen MR) is 122 cm³/mol. The second-order valence-corrected chi connectivity index (χ2v) is 9.72. The van der Waals surface area contributed by atoms with Gasteiger partial charge in [0, 0.05) is 23.4 Å². The lowest BCUT2D eigenvalue weighted by atomic mass is 9.84. The van der Waals surface area contributed by atoms with E-state index in [1.165, 1.54) is 29.5 Å². The molecule has 0 saturated heterocycles. The standard InChI is InChI=1S/C26H30FN3O3/c27-19-10-6-16(7-11-19)15-30-22-5-3-1-2-4-20(22)21(29-30)12-13-23(31)28-25-18-9-8-17(14-18)24(25)26(32)33/h6-7,10-13,17-18,24-25H,1-5,8-9,14-15H2,(H,28,31)(H,32,33)/b13-12+/t17?,18?,24-,25+/m0/s1. The molecule has 5 rings (SSSR count). The molecular weight excluding hydrogens is 421 g/mol. The number of aliphatic carboxylic acids is 1. The first-order valence-electron chi connectivity index (χ1n) is 12.0. The van der Waals surface area contributed by atoms with E-state index in [9.17, 15) is 19.1 Å². The molecule has 174 valence electrons. The van der Waals surface area contributed by atoms with Crippen molar-refractivity contribution in [3.63, 3.8) is 0 Å². The van der Waals surface area contributed by atoms with Crippen LogP contribution in [0.15, 0.2) is 30.3 Å². The molecule has 33 heavy (non-hydrogen) atoms. The Labute approximate surface area is 192 Å². The fourth-order valence-electron chi connectivity index (χ4n) is 6.13. The third-order valence-electron chi connectivity index (χ3n) is 7.69. The number of hydrogen-bond donors (Lipinski definition) is 2. The number of fused-ring (bicyclic) bond motifs is 3. The average molecular weight is 452 g/mol. The van der Waals surface area contributed by atoms with Crippen LogP contribution < -0.4 is 5.32 Å². The highest BCUT2D eigenvalue weighted by molar-refractivity contribution is 5.92. The molecule has 2 bridgehead atoms. The van der Waals surface area contributed by atoms with E-state index < -0.39 is 11.9 Å². The number of aromatic nitrogens is 2. The minimum Gasteiger partial charge on any atom is -0.481 e. The Balaban J connectivity index is 1.34. The van der Waals surface area contributed by atoms with Crippen LogP contribution in [0, 0.1) is 23.6 Å². The zero-order valence-corrected chi connectivity index (χ0v) is 18.7. The van der Waals surface area contributed by atoms with E-state index in [-0.39, 0.29) is 29.6 Å². The molecule has 3 aliphatic rings. The fraction of sp³-hybridized carbons (Fsp3) is 0.500. The number of nitrogens with zero attached hydrogens (tertiary/aromatic N) is 2. The molecule has 2 N–H and O–H groups in total. The normalized spacial score (nSPS) is 26.3. The van der Waals surface area contributed by atoms with Crippen molar-refractivity contribution in [2.45, 2.75) is 64.0 Å². The Morgan fingerprint density at radius 1 is 1.12 bits per heavy atom. The summed E-state index contributed by atoms with van der Waals surface area (Å²) in [5.74, 6) is -1.35. The van der Waals surface area contributed by atoms with Gasteiger partial charge in [-0.05, 0) is 80.6 Å². The van der Waals surface area contributed by atoms with Crippen LogP contribution in [0.5, 0.6) is 0 Å². The van der Waals surface area contributed by atoms with Gasteiger partial charge in [0.05, 0.1) is 18.2 Å². The zero-order chi connectivity index (χ0) is 22.9. The van der Waals surface area contributed by atoms with Crippen LogP contribution in [0.25, 0.3) is 6.08 Å². The van der Waals surface area contributed by atoms with Gasteiger partial charge in [0.1, 0.15) is 5.82 Å². The maximum absolute atomic E-state index is 13.3. The summed E-state index contributed by atoms with van der Waals surface area (Å²) in [6.07, 6.45) is 11.3. The van der Waals surface area contributed by atoms with Crippen LogP contribution in [0.2, 0.25) is 0 Å². The van der Waals surface area contributed by atoms with Gasteiger partial charge in [0.25, 0.3) is 0 Å². The first-order chi connectivity index (χ1) is 16.0. The number of halogens is 1. The van der Waals surface area contributed by atoms with Crippen LogP contribution in [-0.4, -0.2) is 32.8 Å². The number of nitrogens with one attached hydrogen (secondary N) is 1. The minimum atomic E-state index is -0.804. The Morgan fingerprint density at radius 2 is 1.88 bits per heavy atom. The van der Waals surface area contributed by atoms with E-state index in [1.807, 2.05) is 4.68 Å². The summed E-state index contributed by atoms with van der Waals surface area (Å²) < 4.78 is 15.3. The molecule has 7 heteroatoms. The second-order valence-electron chi connectivity index (χ2n) is 9.72. The Kier molecular flexibility index (Phi) is 6.04. The summed E-state index contributed by atoms with van der Waals surface area (Å²) in [6, 6.07) is 6.19. The molecule has 0 aliphatic heterocycles. The van der Waals surface area contributed by atoms with Gasteiger partial charge in [-0.3, -0.25) is 14.3 Å². The van der Waals surface area contributed by atoms with Gasteiger partial charge in [0.15, 0.2) is 0 Å². The van der Waals surface area contributed by atoms with Gasteiger partial charge < -0.3 is 10.4 Å². The van der Waals surface area contributed by atoms with Crippen molar-refractivity contribution in [2.24, 2.45) is 17.8 Å². The smallest absolute Gasteiger partial charge is 0.308 e. The SMILES string of the molecule is O=C(/C=C/c1nn(Cc2ccc(F)cc2)c2c1CCCCC2)N[C@@H]1C2CCC(C2)[C@@H]1C(=O)O. The average Bonchev–Trinajstić information content (AvgIpc) is 3.42. The largest absolute Gasteiger partial charge is 0.481 e. The van der Waals surface area contributed by atoms with Crippen molar-refractivity contribution in [3.8, 4) is 0 Å². The summed E-state index contributed by atoms with van der Waals surface area (Å²) in [5.41, 5.74) is 4.15. The van der Waals surface area contributed by atoms with E-state index in [2.05, 4.69) is 5.32 Å². The molecule has 1 heterocycles. The number of carboxylic acids is 1. The van der Waals surface area contributed by atoms with E-state index in [1.54, 1.807) is 18.2 Å². The molecular formula is C26H30FN3O3. The summed E-state index contributed by atoms with van der Waals surface area (Å²) in [7, 11) is 0. The van der Waals surface area contributed by atoms with Crippen molar-refractivity contribution in [3.05, 3.63) is 58.7 Å². The Bertz CT molecular complexity index is 1080. The minimum absolute atomic E-state index is 0.180. The number of benzene rings is 1. The molecule has 6 nitrogen and oxygen atoms in total. The molecule has 0 spiro atoms. The van der Waals surface area contributed by atoms with Crippen LogP contribution in [-0.2, 0) is 29.0 Å². The number of hydrogen-bond acceptors (Lipinski definition) is 3. The van der Waals surface area contributed by atoms with Crippen molar-refractivity contribution < 1.29 is 19.1 Å². The van der Waals surface area contributed by atoms with Gasteiger partial charge >= 0.3 is 5.97 Å². The lowest BCUT2D eigenvalue weighted by Crippen LogP contribution is -2.46. The van der Waals surface area contributed by atoms with Crippen LogP contribution in [0.1, 0.15) is 61.0 Å². The van der Waals surface area contributed by atoms with E-state index in [0.29, 0.717) is 6.54 Å². The van der Waals surface area contributed by atoms with Crippen LogP contribution in [0.3, 0.4) is 0 Å². The van der Waals surface area contributed by atoms with Crippen molar-refractivity contribution in [1.29, 1.82) is 0 Å². The number of carbonyl (C=O) groups is 2. The molecule has 2 unspecified atom stereocenters. The van der Waals surface area contributed by atoms with Crippen LogP contribution >= 0.6 is 0 Å². The Hall–Kier alpha value is -2.96. The first-order valence-corrected chi connectivity index (χ1v) is 12.0. The highest BCUT2D eigenvalue weighted by Gasteiger charge is 2.51. The van der Waals surface area contributed by atoms with Gasteiger partial charge in [-0.25, -0.2) is 4.39 Å². The third kappa shape index (κ3) is 4.45. The maximum atomic E-state index is 13.3. The molecule has 4 atom stereocenters. The number of carboxylic acid groups (broad SMARTS) is 1. The lowest BCUT2D eigenvalue weighted by molar-refractivity contribution is -0.144. The fourth-order valence-corrected chi connectivity index (χ4v) is 6.13. The number of rotatable bonds is 6. The molecule has 0 radical (unpaired) electrons. The summed E-state index contributed by atoms with van der Waals surface area (Å²) in [4.78, 5) is 24.4. The van der Waals surface area contributed by atoms with Gasteiger partial charge in [-0.2, -0.15) is 5.10 Å². The molecule has 3 aliphatic carbocycles. The third-order valence-corrected chi connectivity index (χ3v) is 7.69. The highest BCUT2D eigenvalue weighted by Crippen LogP contribution is 2.48. The Morgan fingerprint density at radius 3 is 2.67 bits per heavy atom. The molecule has 2 fully saturated rings. The van der Waals surface area contributed by atoms with Crippen molar-refractivity contribution in [1.82, 2.24) is 15.1 Å². The molecule has 2 saturated carbocycles. The molecule has 1 aromatic carbocycles. The van der Waals surface area contributed by atoms with Crippen LogP contribution in [0.4, 0.5) is 4.39 Å². The number of carbonyl (C=O) groups excluding carboxylic acids is 1.